The quantitative estimate of drug-likeness (QED) is 0.0285. The predicted molar refractivity (Wildman–Crippen MR) is 257 cm³/mol. The minimum Gasteiger partial charge on any atom is -0.460 e. The van der Waals surface area contributed by atoms with E-state index in [1.807, 2.05) is 72.8 Å². The molecule has 2 aliphatic rings. The van der Waals surface area contributed by atoms with Gasteiger partial charge in [-0.1, -0.05) is 139 Å². The second kappa shape index (κ2) is 22.4. The standard InChI is InChI=1S/C50H48N6O11S2/c1-5-30-28-68-45-39(44(59)56(45)40(30)47(61)66-42(33-22-14-8-15-23-33)34-24-16-9-17-25-34)54-43(58)38(36-29-69-48(51)52-36)55-64-27-37(57)63-26-35(53-49(62)67-50(2,3)4)46(60)65-41(31-18-10-6-11-19-31)32-20-12-7-13-21-32/h5-25,29,35,39,41-42,45H,1,26-28H2,2-4H3,(H2,51,52)(H,53,62)(H,54,58)/t35?,39?,45-/m1/s1. The number of hydrogen-bond acceptors (Lipinski definition) is 16. The first-order valence-electron chi connectivity index (χ1n) is 21.5. The lowest BCUT2D eigenvalue weighted by Crippen LogP contribution is -2.71. The fraction of sp³-hybridized carbons (Fsp3) is 0.240. The topological polar surface area (TPSA) is 227 Å². The number of esters is 3. The van der Waals surface area contributed by atoms with Gasteiger partial charge in [0.1, 0.15) is 35.0 Å². The molecule has 0 saturated carbocycles. The second-order valence-electron chi connectivity index (χ2n) is 16.4. The summed E-state index contributed by atoms with van der Waals surface area (Å²) in [5, 5.41) is 9.77. The van der Waals surface area contributed by atoms with Crippen LogP contribution in [0.1, 0.15) is 60.9 Å². The van der Waals surface area contributed by atoms with E-state index < -0.39 is 90.0 Å². The first kappa shape index (κ1) is 49.1. The number of carbonyl (C=O) groups excluding carboxylic acids is 6. The molecule has 0 spiro atoms. The Kier molecular flexibility index (Phi) is 15.9. The van der Waals surface area contributed by atoms with Gasteiger partial charge in [-0.25, -0.2) is 24.2 Å². The number of aromatic nitrogens is 1. The molecule has 69 heavy (non-hydrogen) atoms. The molecule has 0 radical (unpaired) electrons. The van der Waals surface area contributed by atoms with Crippen LogP contribution in [0, 0.1) is 0 Å². The number of β-lactam (4-membered cyclic amide) rings is 1. The number of rotatable bonds is 18. The first-order chi connectivity index (χ1) is 33.2. The van der Waals surface area contributed by atoms with Gasteiger partial charge in [0, 0.05) is 11.1 Å². The lowest BCUT2D eigenvalue weighted by atomic mass is 10.0. The summed E-state index contributed by atoms with van der Waals surface area (Å²) in [6.07, 6.45) is -1.14. The maximum absolute atomic E-state index is 14.1. The number of thioether (sulfide) groups is 1. The van der Waals surface area contributed by atoms with E-state index in [1.165, 1.54) is 28.1 Å². The van der Waals surface area contributed by atoms with Crippen molar-refractivity contribution in [1.29, 1.82) is 0 Å². The molecule has 4 aromatic carbocycles. The summed E-state index contributed by atoms with van der Waals surface area (Å²) < 4.78 is 22.8. The number of carbonyl (C=O) groups is 6. The van der Waals surface area contributed by atoms with E-state index >= 15 is 0 Å². The number of nitrogens with zero attached hydrogens (tertiary/aromatic N) is 3. The number of nitrogens with one attached hydrogen (secondary N) is 2. The maximum atomic E-state index is 14.1. The molecule has 3 atom stereocenters. The Hall–Kier alpha value is -7.77. The molecule has 7 rings (SSSR count). The Morgan fingerprint density at radius 3 is 1.88 bits per heavy atom. The number of thiazole rings is 1. The molecular formula is C50H48N6O11S2. The SMILES string of the molecule is C=CC1=C(C(=O)OC(c2ccccc2)c2ccccc2)N2C(=O)C(NC(=O)C(=NOCC(=O)OCC(NC(=O)OC(C)(C)C)C(=O)OC(c3ccccc3)c3ccccc3)c3csc(N)n3)[C@H]2SC1. The number of oxime groups is 1. The number of benzene rings is 4. The zero-order chi connectivity index (χ0) is 49.1. The molecule has 1 aromatic heterocycles. The summed E-state index contributed by atoms with van der Waals surface area (Å²) in [7, 11) is 0. The Labute approximate surface area is 405 Å². The second-order valence-corrected chi connectivity index (χ2v) is 18.3. The fourth-order valence-corrected chi connectivity index (χ4v) is 9.00. The van der Waals surface area contributed by atoms with Crippen LogP contribution >= 0.6 is 23.1 Å². The van der Waals surface area contributed by atoms with E-state index in [0.717, 1.165) is 22.5 Å². The molecular weight excluding hydrogens is 925 g/mol. The summed E-state index contributed by atoms with van der Waals surface area (Å²) in [6, 6.07) is 33.6. The number of alkyl carbamates (subject to hydrolysis) is 1. The van der Waals surface area contributed by atoms with Gasteiger partial charge in [-0.3, -0.25) is 14.5 Å². The van der Waals surface area contributed by atoms with Crippen molar-refractivity contribution in [2.45, 2.75) is 56.0 Å². The van der Waals surface area contributed by atoms with E-state index in [-0.39, 0.29) is 22.3 Å². The predicted octanol–water partition coefficient (Wildman–Crippen LogP) is 6.39. The number of hydrogen-bond donors (Lipinski definition) is 3. The molecule has 0 bridgehead atoms. The van der Waals surface area contributed by atoms with Crippen LogP contribution in [0.25, 0.3) is 0 Å². The molecule has 19 heteroatoms. The van der Waals surface area contributed by atoms with Crippen LogP contribution < -0.4 is 16.4 Å². The number of anilines is 1. The normalized spacial score (nSPS) is 16.1. The molecule has 5 aromatic rings. The summed E-state index contributed by atoms with van der Waals surface area (Å²) in [5.41, 5.74) is 7.73. The monoisotopic (exact) mass is 972 g/mol. The van der Waals surface area contributed by atoms with Crippen LogP contribution in [0.15, 0.2) is 156 Å². The van der Waals surface area contributed by atoms with Crippen molar-refractivity contribution in [1.82, 2.24) is 20.5 Å². The number of fused-ring (bicyclic) bond motifs is 1. The minimum atomic E-state index is -1.53. The number of amides is 3. The Balaban J connectivity index is 1.02. The highest BCUT2D eigenvalue weighted by Gasteiger charge is 2.55. The molecule has 2 aliphatic heterocycles. The van der Waals surface area contributed by atoms with Crippen molar-refractivity contribution in [2.75, 3.05) is 24.7 Å². The van der Waals surface area contributed by atoms with Gasteiger partial charge < -0.3 is 40.2 Å². The molecule has 17 nitrogen and oxygen atoms in total. The van der Waals surface area contributed by atoms with Crippen molar-refractivity contribution in [3.63, 3.8) is 0 Å². The van der Waals surface area contributed by atoms with Gasteiger partial charge >= 0.3 is 24.0 Å². The molecule has 1 saturated heterocycles. The Morgan fingerprint density at radius 1 is 0.855 bits per heavy atom. The zero-order valence-electron chi connectivity index (χ0n) is 37.6. The van der Waals surface area contributed by atoms with E-state index in [1.54, 1.807) is 69.3 Å². The molecule has 356 valence electrons. The van der Waals surface area contributed by atoms with Gasteiger partial charge in [0.2, 0.25) is 6.61 Å². The highest BCUT2D eigenvalue weighted by Crippen LogP contribution is 2.42. The van der Waals surface area contributed by atoms with Crippen LogP contribution in [0.5, 0.6) is 0 Å². The molecule has 3 amide bonds. The van der Waals surface area contributed by atoms with Gasteiger partial charge in [-0.2, -0.15) is 0 Å². The third-order valence-corrected chi connectivity index (χ3v) is 12.3. The van der Waals surface area contributed by atoms with Crippen LogP contribution in [0.2, 0.25) is 0 Å². The average molecular weight is 973 g/mol. The largest absolute Gasteiger partial charge is 0.460 e. The Morgan fingerprint density at radius 2 is 1.39 bits per heavy atom. The number of ether oxygens (including phenoxy) is 4. The van der Waals surface area contributed by atoms with E-state index in [0.29, 0.717) is 16.7 Å². The molecule has 1 fully saturated rings. The Bertz CT molecular complexity index is 2650. The minimum absolute atomic E-state index is 0.00752. The van der Waals surface area contributed by atoms with Crippen LogP contribution in [-0.4, -0.2) is 93.4 Å². The zero-order valence-corrected chi connectivity index (χ0v) is 39.3. The van der Waals surface area contributed by atoms with Gasteiger partial charge in [0.05, 0.1) is 0 Å². The van der Waals surface area contributed by atoms with Crippen molar-refractivity contribution < 1.29 is 52.6 Å². The average Bonchev–Trinajstić information content (AvgIpc) is 3.79. The maximum Gasteiger partial charge on any atom is 0.408 e. The van der Waals surface area contributed by atoms with Crippen LogP contribution in [0.4, 0.5) is 9.93 Å². The van der Waals surface area contributed by atoms with Crippen molar-refractivity contribution >= 4 is 69.8 Å². The number of nitrogens with two attached hydrogens (primary N) is 1. The summed E-state index contributed by atoms with van der Waals surface area (Å²) in [5.74, 6) is -3.96. The van der Waals surface area contributed by atoms with Gasteiger partial charge in [-0.15, -0.1) is 23.1 Å². The van der Waals surface area contributed by atoms with Crippen molar-refractivity contribution in [3.8, 4) is 0 Å². The first-order valence-corrected chi connectivity index (χ1v) is 23.4. The number of allylic oxidation sites excluding steroid dienone is 1. The lowest BCUT2D eigenvalue weighted by molar-refractivity contribution is -0.157. The summed E-state index contributed by atoms with van der Waals surface area (Å²) in [4.78, 5) is 92.3. The highest BCUT2D eigenvalue weighted by atomic mass is 32.2. The van der Waals surface area contributed by atoms with Crippen LogP contribution in [-0.2, 0) is 47.8 Å². The molecule has 4 N–H and O–H groups in total. The molecule has 0 aliphatic carbocycles. The van der Waals surface area contributed by atoms with Gasteiger partial charge in [0.15, 0.2) is 29.1 Å². The third kappa shape index (κ3) is 12.4. The summed E-state index contributed by atoms with van der Waals surface area (Å²) >= 11 is 2.30. The highest BCUT2D eigenvalue weighted by molar-refractivity contribution is 8.00. The van der Waals surface area contributed by atoms with Gasteiger partial charge in [-0.05, 0) is 48.6 Å². The molecule has 2 unspecified atom stereocenters. The van der Waals surface area contributed by atoms with Crippen LogP contribution in [0.3, 0.4) is 0 Å². The smallest absolute Gasteiger partial charge is 0.408 e. The number of nitrogen functional groups attached to an aromatic ring is 1. The fourth-order valence-electron chi connectivity index (χ4n) is 7.11. The van der Waals surface area contributed by atoms with Crippen molar-refractivity contribution in [2.24, 2.45) is 5.16 Å². The van der Waals surface area contributed by atoms with Gasteiger partial charge in [0.25, 0.3) is 11.8 Å². The summed E-state index contributed by atoms with van der Waals surface area (Å²) in [6.45, 7) is 7.21. The van der Waals surface area contributed by atoms with E-state index in [4.69, 9.17) is 29.5 Å². The van der Waals surface area contributed by atoms with E-state index in [2.05, 4.69) is 27.4 Å². The van der Waals surface area contributed by atoms with E-state index in [9.17, 15) is 28.8 Å². The molecule has 3 heterocycles. The third-order valence-electron chi connectivity index (χ3n) is 10.3. The lowest BCUT2D eigenvalue weighted by Gasteiger charge is -2.49. The van der Waals surface area contributed by atoms with Crippen molar-refractivity contribution in [3.05, 3.63) is 179 Å².